The highest BCUT2D eigenvalue weighted by Crippen LogP contribution is 2.50. The Balaban J connectivity index is 1.88. The molecule has 0 heterocycles. The van der Waals surface area contributed by atoms with E-state index >= 15 is 0 Å². The lowest BCUT2D eigenvalue weighted by atomic mass is 9.72. The molecule has 110 valence electrons. The first-order valence-electron chi connectivity index (χ1n) is 8.35. The van der Waals surface area contributed by atoms with Crippen molar-refractivity contribution in [2.45, 2.75) is 70.3 Å². The van der Waals surface area contributed by atoms with Gasteiger partial charge >= 0.3 is 0 Å². The van der Waals surface area contributed by atoms with Crippen LogP contribution in [-0.4, -0.2) is 0 Å². The van der Waals surface area contributed by atoms with Crippen molar-refractivity contribution in [3.05, 3.63) is 35.4 Å². The predicted octanol–water partition coefficient (Wildman–Crippen LogP) is 4.43. The van der Waals surface area contributed by atoms with E-state index in [1.165, 1.54) is 62.5 Å². The van der Waals surface area contributed by atoms with Gasteiger partial charge in [-0.3, -0.25) is 11.3 Å². The van der Waals surface area contributed by atoms with Crippen LogP contribution in [-0.2, 0) is 0 Å². The van der Waals surface area contributed by atoms with Gasteiger partial charge in [-0.05, 0) is 54.6 Å². The SMILES string of the molecule is CCC1(C(NN)c2cccc(C3CCC3)c2)CCCC1. The monoisotopic (exact) mass is 272 g/mol. The third-order valence-electron chi connectivity index (χ3n) is 5.90. The van der Waals surface area contributed by atoms with Gasteiger partial charge in [0.2, 0.25) is 0 Å². The Kier molecular flexibility index (Phi) is 4.13. The number of nitrogens with one attached hydrogen (secondary N) is 1. The fraction of sp³-hybridized carbons (Fsp3) is 0.667. The van der Waals surface area contributed by atoms with Crippen molar-refractivity contribution in [3.8, 4) is 0 Å². The summed E-state index contributed by atoms with van der Waals surface area (Å²) >= 11 is 0. The largest absolute Gasteiger partial charge is 0.271 e. The van der Waals surface area contributed by atoms with Crippen molar-refractivity contribution in [2.75, 3.05) is 0 Å². The summed E-state index contributed by atoms with van der Waals surface area (Å²) in [5.74, 6) is 6.77. The van der Waals surface area contributed by atoms with Crippen LogP contribution >= 0.6 is 0 Å². The zero-order valence-corrected chi connectivity index (χ0v) is 12.7. The molecule has 0 aliphatic heterocycles. The molecule has 2 aliphatic rings. The van der Waals surface area contributed by atoms with Crippen molar-refractivity contribution in [3.63, 3.8) is 0 Å². The van der Waals surface area contributed by atoms with Gasteiger partial charge in [0.15, 0.2) is 0 Å². The van der Waals surface area contributed by atoms with Crippen molar-refractivity contribution in [1.82, 2.24) is 5.43 Å². The lowest BCUT2D eigenvalue weighted by molar-refractivity contribution is 0.188. The van der Waals surface area contributed by atoms with E-state index in [0.29, 0.717) is 11.5 Å². The zero-order valence-electron chi connectivity index (χ0n) is 12.7. The molecule has 2 heteroatoms. The minimum absolute atomic E-state index is 0.315. The van der Waals surface area contributed by atoms with Crippen LogP contribution in [0.4, 0.5) is 0 Å². The summed E-state index contributed by atoms with van der Waals surface area (Å²) in [6, 6.07) is 9.53. The number of hydrazine groups is 1. The summed E-state index contributed by atoms with van der Waals surface area (Å²) in [7, 11) is 0. The summed E-state index contributed by atoms with van der Waals surface area (Å²) in [5, 5.41) is 0. The summed E-state index contributed by atoms with van der Waals surface area (Å²) < 4.78 is 0. The van der Waals surface area contributed by atoms with Gasteiger partial charge in [0.25, 0.3) is 0 Å². The van der Waals surface area contributed by atoms with Gasteiger partial charge < -0.3 is 0 Å². The molecule has 2 saturated carbocycles. The smallest absolute Gasteiger partial charge is 0.0516 e. The Hall–Kier alpha value is -0.860. The van der Waals surface area contributed by atoms with Gasteiger partial charge in [-0.25, -0.2) is 0 Å². The second-order valence-electron chi connectivity index (χ2n) is 6.82. The molecule has 1 unspecified atom stereocenters. The maximum atomic E-state index is 5.97. The first-order valence-corrected chi connectivity index (χ1v) is 8.35. The topological polar surface area (TPSA) is 38.0 Å². The predicted molar refractivity (Wildman–Crippen MR) is 84.3 cm³/mol. The first-order chi connectivity index (χ1) is 9.79. The van der Waals surface area contributed by atoms with Gasteiger partial charge in [-0.1, -0.05) is 50.5 Å². The van der Waals surface area contributed by atoms with Crippen LogP contribution in [0, 0.1) is 5.41 Å². The molecule has 1 aromatic carbocycles. The average molecular weight is 272 g/mol. The molecule has 1 aromatic rings. The van der Waals surface area contributed by atoms with Gasteiger partial charge in [0, 0.05) is 0 Å². The molecule has 0 aromatic heterocycles. The molecule has 1 atom stereocenters. The van der Waals surface area contributed by atoms with Crippen LogP contribution in [0.3, 0.4) is 0 Å². The maximum absolute atomic E-state index is 5.97. The van der Waals surface area contributed by atoms with Gasteiger partial charge in [0.05, 0.1) is 6.04 Å². The van der Waals surface area contributed by atoms with Crippen molar-refractivity contribution < 1.29 is 0 Å². The zero-order chi connectivity index (χ0) is 14.0. The van der Waals surface area contributed by atoms with Crippen LogP contribution in [0.25, 0.3) is 0 Å². The molecule has 3 rings (SSSR count). The van der Waals surface area contributed by atoms with E-state index in [9.17, 15) is 0 Å². The van der Waals surface area contributed by atoms with Crippen LogP contribution in [0.15, 0.2) is 24.3 Å². The molecule has 3 N–H and O–H groups in total. The van der Waals surface area contributed by atoms with E-state index in [1.807, 2.05) is 0 Å². The van der Waals surface area contributed by atoms with E-state index in [4.69, 9.17) is 5.84 Å². The standard InChI is InChI=1S/C18H28N2/c1-2-18(11-3-4-12-18)17(20-19)16-10-6-9-15(13-16)14-7-5-8-14/h6,9-10,13-14,17,20H,2-5,7-8,11-12,19H2,1H3. The lowest BCUT2D eigenvalue weighted by Gasteiger charge is -2.37. The van der Waals surface area contributed by atoms with E-state index < -0.39 is 0 Å². The Labute approximate surface area is 123 Å². The Morgan fingerprint density at radius 1 is 1.25 bits per heavy atom. The minimum atomic E-state index is 0.315. The first kappa shape index (κ1) is 14.1. The minimum Gasteiger partial charge on any atom is -0.271 e. The summed E-state index contributed by atoms with van der Waals surface area (Å²) in [6.07, 6.45) is 10.7. The van der Waals surface area contributed by atoms with E-state index in [0.717, 1.165) is 5.92 Å². The molecule has 2 fully saturated rings. The normalized spacial score (nSPS) is 23.5. The molecule has 0 amide bonds. The molecule has 20 heavy (non-hydrogen) atoms. The van der Waals surface area contributed by atoms with Gasteiger partial charge in [-0.2, -0.15) is 0 Å². The highest BCUT2D eigenvalue weighted by Gasteiger charge is 2.40. The van der Waals surface area contributed by atoms with Crippen LogP contribution < -0.4 is 11.3 Å². The van der Waals surface area contributed by atoms with Crippen LogP contribution in [0.2, 0.25) is 0 Å². The summed E-state index contributed by atoms with van der Waals surface area (Å²) in [4.78, 5) is 0. The molecule has 2 nitrogen and oxygen atoms in total. The van der Waals surface area contributed by atoms with Gasteiger partial charge in [-0.15, -0.1) is 0 Å². The van der Waals surface area contributed by atoms with Crippen molar-refractivity contribution in [1.29, 1.82) is 0 Å². The number of rotatable bonds is 5. The number of nitrogens with two attached hydrogens (primary N) is 1. The fourth-order valence-electron chi connectivity index (χ4n) is 4.29. The van der Waals surface area contributed by atoms with E-state index in [1.54, 1.807) is 0 Å². The quantitative estimate of drug-likeness (QED) is 0.614. The fourth-order valence-corrected chi connectivity index (χ4v) is 4.29. The molecule has 0 saturated heterocycles. The average Bonchev–Trinajstić information content (AvgIpc) is 2.88. The number of hydrogen-bond acceptors (Lipinski definition) is 2. The third-order valence-corrected chi connectivity index (χ3v) is 5.90. The molecule has 0 radical (unpaired) electrons. The van der Waals surface area contributed by atoms with Crippen molar-refractivity contribution in [2.24, 2.45) is 11.3 Å². The van der Waals surface area contributed by atoms with Gasteiger partial charge in [0.1, 0.15) is 0 Å². The highest BCUT2D eigenvalue weighted by molar-refractivity contribution is 5.31. The Bertz CT molecular complexity index is 444. The second-order valence-corrected chi connectivity index (χ2v) is 6.82. The van der Waals surface area contributed by atoms with Crippen LogP contribution in [0.1, 0.15) is 81.4 Å². The third kappa shape index (κ3) is 2.40. The number of hydrogen-bond donors (Lipinski definition) is 2. The summed E-state index contributed by atoms with van der Waals surface area (Å²) in [5.41, 5.74) is 6.45. The Morgan fingerprint density at radius 2 is 2.00 bits per heavy atom. The second kappa shape index (κ2) is 5.87. The van der Waals surface area contributed by atoms with E-state index in [2.05, 4.69) is 36.6 Å². The number of benzene rings is 1. The molecular formula is C18H28N2. The molecule has 2 aliphatic carbocycles. The van der Waals surface area contributed by atoms with Crippen LogP contribution in [0.5, 0.6) is 0 Å². The lowest BCUT2D eigenvalue weighted by Crippen LogP contribution is -2.40. The summed E-state index contributed by atoms with van der Waals surface area (Å²) in [6.45, 7) is 2.32. The maximum Gasteiger partial charge on any atom is 0.0516 e. The highest BCUT2D eigenvalue weighted by atomic mass is 15.2. The molecular weight excluding hydrogens is 244 g/mol. The molecule has 0 bridgehead atoms. The molecule has 0 spiro atoms. The van der Waals surface area contributed by atoms with E-state index in [-0.39, 0.29) is 0 Å². The Morgan fingerprint density at radius 3 is 2.55 bits per heavy atom. The van der Waals surface area contributed by atoms with Crippen molar-refractivity contribution >= 4 is 0 Å².